The smallest absolute Gasteiger partial charge is 0.161 e. The molecular formula is C31H28FN7. The van der Waals surface area contributed by atoms with Gasteiger partial charge in [-0.25, -0.2) is 14.4 Å². The van der Waals surface area contributed by atoms with Crippen LogP contribution in [-0.4, -0.2) is 48.1 Å². The third-order valence-corrected chi connectivity index (χ3v) is 7.44. The first-order valence-corrected chi connectivity index (χ1v) is 13.4. The molecule has 0 amide bonds. The lowest BCUT2D eigenvalue weighted by Crippen LogP contribution is -2.29. The van der Waals surface area contributed by atoms with Gasteiger partial charge in [0.1, 0.15) is 11.3 Å². The topological polar surface area (TPSA) is 86.4 Å². The van der Waals surface area contributed by atoms with Crippen LogP contribution in [0.5, 0.6) is 0 Å². The summed E-state index contributed by atoms with van der Waals surface area (Å²) in [7, 11) is 0. The van der Waals surface area contributed by atoms with Gasteiger partial charge in [-0.15, -0.1) is 0 Å². The molecule has 0 bridgehead atoms. The number of hydrogen-bond donors (Lipinski definition) is 2. The molecule has 1 aliphatic heterocycles. The van der Waals surface area contributed by atoms with Crippen LogP contribution >= 0.6 is 0 Å². The van der Waals surface area contributed by atoms with Crippen molar-refractivity contribution in [2.24, 2.45) is 0 Å². The lowest BCUT2D eigenvalue weighted by atomic mass is 10.0. The van der Waals surface area contributed by atoms with Gasteiger partial charge < -0.3 is 4.98 Å². The van der Waals surface area contributed by atoms with E-state index in [2.05, 4.69) is 31.1 Å². The molecule has 7 nitrogen and oxygen atoms in total. The predicted molar refractivity (Wildman–Crippen MR) is 151 cm³/mol. The maximum atomic E-state index is 14.2. The summed E-state index contributed by atoms with van der Waals surface area (Å²) in [6.07, 6.45) is 7.66. The molecule has 5 heterocycles. The summed E-state index contributed by atoms with van der Waals surface area (Å²) in [6.45, 7) is 5.09. The molecule has 0 unspecified atom stereocenters. The van der Waals surface area contributed by atoms with E-state index in [0.29, 0.717) is 11.5 Å². The monoisotopic (exact) mass is 517 g/mol. The van der Waals surface area contributed by atoms with Crippen molar-refractivity contribution >= 4 is 22.1 Å². The van der Waals surface area contributed by atoms with Crippen LogP contribution in [0.25, 0.3) is 56.0 Å². The highest BCUT2D eigenvalue weighted by Gasteiger charge is 2.18. The van der Waals surface area contributed by atoms with E-state index in [1.54, 1.807) is 6.07 Å². The molecule has 0 radical (unpaired) electrons. The van der Waals surface area contributed by atoms with E-state index in [-0.39, 0.29) is 5.82 Å². The molecule has 8 heteroatoms. The Morgan fingerprint density at radius 3 is 2.64 bits per heavy atom. The van der Waals surface area contributed by atoms with Gasteiger partial charge in [0.25, 0.3) is 0 Å². The maximum absolute atomic E-state index is 14.2. The summed E-state index contributed by atoms with van der Waals surface area (Å²) in [5, 5.41) is 7.65. The number of fused-ring (bicyclic) bond motifs is 2. The fourth-order valence-electron chi connectivity index (χ4n) is 5.58. The van der Waals surface area contributed by atoms with Crippen LogP contribution in [0.3, 0.4) is 0 Å². The van der Waals surface area contributed by atoms with Gasteiger partial charge in [0.15, 0.2) is 11.5 Å². The molecule has 1 aliphatic rings. The molecule has 39 heavy (non-hydrogen) atoms. The van der Waals surface area contributed by atoms with Gasteiger partial charge in [0, 0.05) is 30.1 Å². The Hall–Kier alpha value is -4.43. The largest absolute Gasteiger partial charge is 0.336 e. The van der Waals surface area contributed by atoms with E-state index in [9.17, 15) is 4.39 Å². The summed E-state index contributed by atoms with van der Waals surface area (Å²) in [4.78, 5) is 20.3. The summed E-state index contributed by atoms with van der Waals surface area (Å²) in [5.41, 5.74) is 9.35. The van der Waals surface area contributed by atoms with Crippen molar-refractivity contribution in [1.82, 2.24) is 35.0 Å². The first-order valence-electron chi connectivity index (χ1n) is 13.4. The van der Waals surface area contributed by atoms with Crippen LogP contribution in [0.2, 0.25) is 0 Å². The van der Waals surface area contributed by atoms with Crippen molar-refractivity contribution in [3.63, 3.8) is 0 Å². The first kappa shape index (κ1) is 23.7. The Kier molecular flexibility index (Phi) is 5.89. The number of halogens is 1. The van der Waals surface area contributed by atoms with Gasteiger partial charge in [-0.3, -0.25) is 15.0 Å². The lowest BCUT2D eigenvalue weighted by Gasteiger charge is -2.26. The first-order chi connectivity index (χ1) is 19.1. The summed E-state index contributed by atoms with van der Waals surface area (Å²) < 4.78 is 14.2. The highest BCUT2D eigenvalue weighted by molar-refractivity contribution is 5.96. The molecule has 2 aromatic carbocycles. The molecule has 0 atom stereocenters. The Morgan fingerprint density at radius 2 is 1.77 bits per heavy atom. The second kappa shape index (κ2) is 9.71. The number of hydrogen-bond acceptors (Lipinski definition) is 5. The molecule has 6 aromatic rings. The number of para-hydroxylation sites is 1. The van der Waals surface area contributed by atoms with E-state index in [1.807, 2.05) is 55.7 Å². The molecule has 4 aromatic heterocycles. The number of benzene rings is 2. The Morgan fingerprint density at radius 1 is 0.872 bits per heavy atom. The van der Waals surface area contributed by atoms with Gasteiger partial charge >= 0.3 is 0 Å². The second-order valence-electron chi connectivity index (χ2n) is 10.4. The Bertz CT molecular complexity index is 1790. The van der Waals surface area contributed by atoms with Gasteiger partial charge in [-0.1, -0.05) is 24.6 Å². The van der Waals surface area contributed by atoms with Crippen molar-refractivity contribution in [2.45, 2.75) is 32.7 Å². The number of piperidine rings is 1. The van der Waals surface area contributed by atoms with Gasteiger partial charge in [-0.05, 0) is 85.9 Å². The van der Waals surface area contributed by atoms with Crippen LogP contribution in [0.15, 0.2) is 67.0 Å². The number of H-pyrrole nitrogens is 2. The third kappa shape index (κ3) is 4.57. The molecule has 1 fully saturated rings. The fourth-order valence-corrected chi connectivity index (χ4v) is 5.58. The minimum Gasteiger partial charge on any atom is -0.336 e. The van der Waals surface area contributed by atoms with Crippen LogP contribution in [0, 0.1) is 12.7 Å². The number of nitrogens with zero attached hydrogens (tertiary/aromatic N) is 5. The number of imidazole rings is 1. The van der Waals surface area contributed by atoms with Crippen molar-refractivity contribution in [2.75, 3.05) is 13.1 Å². The zero-order valence-electron chi connectivity index (χ0n) is 21.7. The zero-order chi connectivity index (χ0) is 26.3. The molecule has 2 N–H and O–H groups in total. The molecule has 1 saturated heterocycles. The zero-order valence-corrected chi connectivity index (χ0v) is 21.7. The third-order valence-electron chi connectivity index (χ3n) is 7.44. The second-order valence-corrected chi connectivity index (χ2v) is 10.4. The van der Waals surface area contributed by atoms with Crippen LogP contribution in [-0.2, 0) is 6.54 Å². The van der Waals surface area contributed by atoms with Crippen LogP contribution in [0.4, 0.5) is 4.39 Å². The van der Waals surface area contributed by atoms with E-state index in [0.717, 1.165) is 69.6 Å². The van der Waals surface area contributed by atoms with E-state index in [1.165, 1.54) is 30.9 Å². The average molecular weight is 518 g/mol. The fraction of sp³-hybridized carbons (Fsp3) is 0.226. The number of aromatic amines is 2. The number of aryl methyl sites for hydroxylation is 1. The van der Waals surface area contributed by atoms with Gasteiger partial charge in [0.2, 0.25) is 0 Å². The molecule has 0 aliphatic carbocycles. The van der Waals surface area contributed by atoms with E-state index >= 15 is 0 Å². The minimum atomic E-state index is -0.262. The maximum Gasteiger partial charge on any atom is 0.161 e. The SMILES string of the molecule is Cc1cc(F)cc(-c2cccc3[nH]c(-c4n[nH]c5ccc(-c6cncc(CN7CCCCC7)c6)nc45)nc23)c1. The van der Waals surface area contributed by atoms with Crippen molar-refractivity contribution in [3.8, 4) is 33.9 Å². The number of rotatable bonds is 5. The van der Waals surface area contributed by atoms with Crippen LogP contribution < -0.4 is 0 Å². The minimum absolute atomic E-state index is 0.262. The average Bonchev–Trinajstić information content (AvgIpc) is 3.57. The Balaban J connectivity index is 1.26. The van der Waals surface area contributed by atoms with Gasteiger partial charge in [0.05, 0.1) is 22.2 Å². The highest BCUT2D eigenvalue weighted by atomic mass is 19.1. The van der Waals surface area contributed by atoms with Crippen LogP contribution in [0.1, 0.15) is 30.4 Å². The van der Waals surface area contributed by atoms with Crippen molar-refractivity contribution < 1.29 is 4.39 Å². The summed E-state index contributed by atoms with van der Waals surface area (Å²) >= 11 is 0. The number of nitrogens with one attached hydrogen (secondary N) is 2. The predicted octanol–water partition coefficient (Wildman–Crippen LogP) is 6.66. The van der Waals surface area contributed by atoms with Crippen molar-refractivity contribution in [1.29, 1.82) is 0 Å². The molecular weight excluding hydrogens is 489 g/mol. The highest BCUT2D eigenvalue weighted by Crippen LogP contribution is 2.32. The molecule has 0 spiro atoms. The normalized spacial score (nSPS) is 14.4. The lowest BCUT2D eigenvalue weighted by molar-refractivity contribution is 0.220. The Labute approximate surface area is 225 Å². The molecule has 0 saturated carbocycles. The summed E-state index contributed by atoms with van der Waals surface area (Å²) in [5.74, 6) is 0.348. The standard InChI is InChI=1S/C31H28FN7/c1-19-12-21(15-23(32)13-19)24-6-5-7-26-28(24)36-31(35-26)30-29-27(37-38-30)9-8-25(34-29)22-14-20(16-33-17-22)18-39-10-3-2-4-11-39/h5-9,12-17H,2-4,10-11,18H2,1H3,(H,35,36)(H,37,38). The summed E-state index contributed by atoms with van der Waals surface area (Å²) in [6, 6.07) is 17.1. The van der Waals surface area contributed by atoms with Gasteiger partial charge in [-0.2, -0.15) is 5.10 Å². The quantitative estimate of drug-likeness (QED) is 0.267. The van der Waals surface area contributed by atoms with E-state index in [4.69, 9.17) is 9.97 Å². The molecule has 194 valence electrons. The number of likely N-dealkylation sites (tertiary alicyclic amines) is 1. The number of pyridine rings is 2. The van der Waals surface area contributed by atoms with Crippen molar-refractivity contribution in [3.05, 3.63) is 83.9 Å². The number of aromatic nitrogens is 6. The molecule has 7 rings (SSSR count). The van der Waals surface area contributed by atoms with E-state index < -0.39 is 0 Å².